The number of hydrogen-bond acceptors (Lipinski definition) is 6. The molecule has 2 atom stereocenters. The van der Waals surface area contributed by atoms with E-state index in [-0.39, 0.29) is 21.7 Å². The van der Waals surface area contributed by atoms with E-state index in [4.69, 9.17) is 21.4 Å². The van der Waals surface area contributed by atoms with Gasteiger partial charge in [0.1, 0.15) is 18.5 Å². The first-order chi connectivity index (χ1) is 15.4. The zero-order valence-corrected chi connectivity index (χ0v) is 19.4. The van der Waals surface area contributed by atoms with Gasteiger partial charge in [-0.25, -0.2) is 9.89 Å². The summed E-state index contributed by atoms with van der Waals surface area (Å²) in [5.41, 5.74) is 2.09. The number of para-hydroxylation sites is 1. The van der Waals surface area contributed by atoms with Crippen LogP contribution in [-0.2, 0) is 16.0 Å². The molecule has 1 fully saturated rings. The highest BCUT2D eigenvalue weighted by Gasteiger charge is 2.47. The SMILES string of the molecule is CCC/N=C1/N(c2ccccc2C)C(=O)/C(=C/c2ccc(OC[C@@H](O)CO)c(Cl)c2)[S+]1[O-]. The molecule has 170 valence electrons. The predicted octanol–water partition coefficient (Wildman–Crippen LogP) is 3.28. The number of aliphatic hydroxyl groups is 2. The molecule has 0 spiro atoms. The summed E-state index contributed by atoms with van der Waals surface area (Å²) in [7, 11) is 0. The number of aliphatic imine (C=N–C) groups is 1. The van der Waals surface area contributed by atoms with E-state index < -0.39 is 29.8 Å². The van der Waals surface area contributed by atoms with Crippen LogP contribution in [0.5, 0.6) is 5.75 Å². The van der Waals surface area contributed by atoms with E-state index in [9.17, 15) is 14.5 Å². The molecule has 0 saturated carbocycles. The number of nitrogens with zero attached hydrogens (tertiary/aromatic N) is 2. The van der Waals surface area contributed by atoms with Gasteiger partial charge < -0.3 is 19.5 Å². The molecule has 32 heavy (non-hydrogen) atoms. The highest BCUT2D eigenvalue weighted by molar-refractivity contribution is 8.12. The third-order valence-corrected chi connectivity index (χ3v) is 6.32. The van der Waals surface area contributed by atoms with E-state index in [0.29, 0.717) is 23.5 Å². The molecule has 1 unspecified atom stereocenters. The monoisotopic (exact) mass is 476 g/mol. The number of carbonyl (C=O) groups excluding carboxylic acids is 1. The maximum absolute atomic E-state index is 13.3. The second-order valence-electron chi connectivity index (χ2n) is 7.21. The van der Waals surface area contributed by atoms with E-state index in [1.165, 1.54) is 11.0 Å². The number of hydrogen-bond donors (Lipinski definition) is 2. The fourth-order valence-corrected chi connectivity index (χ4v) is 4.54. The van der Waals surface area contributed by atoms with Gasteiger partial charge in [-0.3, -0.25) is 4.79 Å². The lowest BCUT2D eigenvalue weighted by Gasteiger charge is -2.15. The lowest BCUT2D eigenvalue weighted by atomic mass is 10.1. The van der Waals surface area contributed by atoms with Crippen molar-refractivity contribution in [1.29, 1.82) is 0 Å². The molecule has 1 saturated heterocycles. The van der Waals surface area contributed by atoms with Crippen molar-refractivity contribution < 1.29 is 24.3 Å². The van der Waals surface area contributed by atoms with E-state index in [0.717, 1.165) is 12.0 Å². The van der Waals surface area contributed by atoms with Crippen LogP contribution in [0.1, 0.15) is 24.5 Å². The lowest BCUT2D eigenvalue weighted by Crippen LogP contribution is -2.31. The molecule has 0 aliphatic carbocycles. The topological polar surface area (TPSA) is 105 Å². The molecular weight excluding hydrogens is 452 g/mol. The van der Waals surface area contributed by atoms with Crippen molar-refractivity contribution in [3.8, 4) is 5.75 Å². The molecular formula is C23H25ClN2O5S. The van der Waals surface area contributed by atoms with Crippen LogP contribution in [0.15, 0.2) is 52.4 Å². The Balaban J connectivity index is 1.94. The Hall–Kier alpha value is -2.36. The highest BCUT2D eigenvalue weighted by Crippen LogP contribution is 2.34. The van der Waals surface area contributed by atoms with E-state index in [1.807, 2.05) is 32.0 Å². The zero-order valence-electron chi connectivity index (χ0n) is 17.8. The number of amidine groups is 1. The first kappa shape index (κ1) is 24.3. The van der Waals surface area contributed by atoms with Gasteiger partial charge >= 0.3 is 11.1 Å². The number of carbonyl (C=O) groups is 1. The summed E-state index contributed by atoms with van der Waals surface area (Å²) in [5.74, 6) is -0.0677. The third kappa shape index (κ3) is 5.33. The molecule has 3 rings (SSSR count). The molecule has 1 heterocycles. The summed E-state index contributed by atoms with van der Waals surface area (Å²) in [4.78, 5) is 19.3. The maximum atomic E-state index is 13.3. The van der Waals surface area contributed by atoms with Gasteiger partial charge in [-0.1, -0.05) is 42.8 Å². The number of halogens is 1. The second kappa shape index (κ2) is 11.0. The summed E-state index contributed by atoms with van der Waals surface area (Å²) in [6.45, 7) is 3.78. The van der Waals surface area contributed by atoms with Crippen molar-refractivity contribution in [2.75, 3.05) is 24.7 Å². The van der Waals surface area contributed by atoms with Gasteiger partial charge in [-0.05, 0) is 42.7 Å². The van der Waals surface area contributed by atoms with Crippen LogP contribution in [0.4, 0.5) is 5.69 Å². The van der Waals surface area contributed by atoms with Gasteiger partial charge in [0, 0.05) is 12.6 Å². The fraction of sp³-hybridized carbons (Fsp3) is 0.304. The minimum absolute atomic E-state index is 0.109. The predicted molar refractivity (Wildman–Crippen MR) is 127 cm³/mol. The summed E-state index contributed by atoms with van der Waals surface area (Å²) < 4.78 is 18.6. The largest absolute Gasteiger partial charge is 0.604 e. The minimum Gasteiger partial charge on any atom is -0.604 e. The molecule has 2 aromatic carbocycles. The van der Waals surface area contributed by atoms with Crippen molar-refractivity contribution in [2.24, 2.45) is 4.99 Å². The van der Waals surface area contributed by atoms with Crippen LogP contribution in [0.3, 0.4) is 0 Å². The molecule has 9 heteroatoms. The smallest absolute Gasteiger partial charge is 0.332 e. The molecule has 2 aromatic rings. The zero-order chi connectivity index (χ0) is 23.3. The minimum atomic E-state index is -1.74. The lowest BCUT2D eigenvalue weighted by molar-refractivity contribution is -0.113. The van der Waals surface area contributed by atoms with Crippen LogP contribution in [-0.4, -0.2) is 51.7 Å². The normalized spacial score (nSPS) is 19.8. The van der Waals surface area contributed by atoms with Gasteiger partial charge in [0.15, 0.2) is 0 Å². The summed E-state index contributed by atoms with van der Waals surface area (Å²) in [6.07, 6.45) is 1.29. The number of rotatable bonds is 8. The van der Waals surface area contributed by atoms with Crippen LogP contribution >= 0.6 is 11.6 Å². The third-order valence-electron chi connectivity index (χ3n) is 4.69. The Morgan fingerprint density at radius 3 is 2.72 bits per heavy atom. The number of ether oxygens (including phenoxy) is 1. The molecule has 0 bridgehead atoms. The average Bonchev–Trinajstić information content (AvgIpc) is 3.01. The standard InChI is InChI=1S/C23H25ClN2O5S/c1-3-10-25-23-26(19-7-5-4-6-15(19)2)22(29)21(32(23)30)12-16-8-9-20(18(24)11-16)31-14-17(28)13-27/h4-9,11-12,17,27-28H,3,10,13-14H2,1-2H3/b21-12-,25-23-/t17-,32?/m0/s1. The van der Waals surface area contributed by atoms with Crippen LogP contribution in [0.2, 0.25) is 5.02 Å². The molecule has 2 N–H and O–H groups in total. The van der Waals surface area contributed by atoms with Crippen LogP contribution in [0, 0.1) is 6.92 Å². The highest BCUT2D eigenvalue weighted by atomic mass is 35.5. The molecule has 0 aromatic heterocycles. The van der Waals surface area contributed by atoms with Crippen molar-refractivity contribution >= 4 is 45.6 Å². The molecule has 7 nitrogen and oxygen atoms in total. The van der Waals surface area contributed by atoms with E-state index >= 15 is 0 Å². The second-order valence-corrected chi connectivity index (χ2v) is 8.96. The Morgan fingerprint density at radius 2 is 2.06 bits per heavy atom. The number of amides is 1. The fourth-order valence-electron chi connectivity index (χ4n) is 3.05. The van der Waals surface area contributed by atoms with Crippen molar-refractivity contribution in [3.05, 3.63) is 63.5 Å². The van der Waals surface area contributed by atoms with Gasteiger partial charge in [0.2, 0.25) is 4.91 Å². The molecule has 1 amide bonds. The van der Waals surface area contributed by atoms with Crippen molar-refractivity contribution in [1.82, 2.24) is 0 Å². The Labute approximate surface area is 195 Å². The number of aliphatic hydroxyl groups excluding tert-OH is 2. The number of anilines is 1. The van der Waals surface area contributed by atoms with Crippen molar-refractivity contribution in [2.45, 2.75) is 26.4 Å². The summed E-state index contributed by atoms with van der Waals surface area (Å²) in [6, 6.07) is 12.2. The van der Waals surface area contributed by atoms with Gasteiger partial charge in [0.05, 0.1) is 28.5 Å². The van der Waals surface area contributed by atoms with Gasteiger partial charge in [-0.2, -0.15) is 0 Å². The Bertz CT molecular complexity index is 1040. The maximum Gasteiger partial charge on any atom is 0.332 e. The average molecular weight is 477 g/mol. The number of benzene rings is 2. The molecule has 0 radical (unpaired) electrons. The van der Waals surface area contributed by atoms with E-state index in [1.54, 1.807) is 24.3 Å². The first-order valence-corrected chi connectivity index (χ1v) is 11.7. The quantitative estimate of drug-likeness (QED) is 0.449. The van der Waals surface area contributed by atoms with Crippen molar-refractivity contribution in [3.63, 3.8) is 0 Å². The van der Waals surface area contributed by atoms with E-state index in [2.05, 4.69) is 4.99 Å². The first-order valence-electron chi connectivity index (χ1n) is 10.2. The van der Waals surface area contributed by atoms with Gasteiger partial charge in [-0.15, -0.1) is 0 Å². The number of aryl methyl sites for hydroxylation is 1. The summed E-state index contributed by atoms with van der Waals surface area (Å²) in [5, 5.41) is 18.8. The van der Waals surface area contributed by atoms with Crippen LogP contribution in [0.25, 0.3) is 6.08 Å². The molecule has 1 aliphatic heterocycles. The Morgan fingerprint density at radius 1 is 1.31 bits per heavy atom. The summed E-state index contributed by atoms with van der Waals surface area (Å²) >= 11 is 4.52. The Kier molecular flexibility index (Phi) is 8.33. The molecule has 1 aliphatic rings. The van der Waals surface area contributed by atoms with Crippen LogP contribution < -0.4 is 9.64 Å². The van der Waals surface area contributed by atoms with Gasteiger partial charge in [0.25, 0.3) is 0 Å².